The first kappa shape index (κ1) is 12.2. The molecule has 0 saturated carbocycles. The minimum Gasteiger partial charge on any atom is -0.273 e. The fraction of sp³-hybridized carbons (Fsp3) is 0.545. The van der Waals surface area contributed by atoms with Gasteiger partial charge in [0.25, 0.3) is 0 Å². The zero-order valence-corrected chi connectivity index (χ0v) is 9.04. The Hall–Kier alpha value is -0.785. The number of hydrogen-bond donors (Lipinski definition) is 0. The highest BCUT2D eigenvalue weighted by Crippen LogP contribution is 2.02. The van der Waals surface area contributed by atoms with E-state index in [1.54, 1.807) is 6.20 Å². The largest absolute Gasteiger partial charge is 0.273 e. The van der Waals surface area contributed by atoms with Gasteiger partial charge in [-0.05, 0) is 29.6 Å². The van der Waals surface area contributed by atoms with Gasteiger partial charge in [0, 0.05) is 6.20 Å². The van der Waals surface area contributed by atoms with E-state index in [2.05, 4.69) is 18.8 Å². The molecule has 0 aliphatic carbocycles. The smallest absolute Gasteiger partial charge is 0.142 e. The average molecular weight is 175 g/mol. The Bertz CT molecular complexity index is 233. The van der Waals surface area contributed by atoms with Crippen LogP contribution < -0.4 is 5.59 Å². The minimum atomic E-state index is 0.640. The average Bonchev–Trinajstić information content (AvgIpc) is 2.12. The molecule has 0 bridgehead atoms. The number of hydrogen-bond acceptors (Lipinski definition) is 1. The molecule has 1 aromatic rings. The van der Waals surface area contributed by atoms with Crippen LogP contribution in [-0.4, -0.2) is 12.8 Å². The second-order valence-electron chi connectivity index (χ2n) is 3.15. The van der Waals surface area contributed by atoms with Crippen LogP contribution in [0.4, 0.5) is 0 Å². The Kier molecular flexibility index (Phi) is 6.30. The van der Waals surface area contributed by atoms with Gasteiger partial charge in [-0.25, -0.2) is 0 Å². The van der Waals surface area contributed by atoms with Crippen molar-refractivity contribution >= 4 is 13.4 Å². The molecule has 13 heavy (non-hydrogen) atoms. The Morgan fingerprint density at radius 1 is 1.38 bits per heavy atom. The molecule has 1 nitrogen and oxygen atoms in total. The van der Waals surface area contributed by atoms with Crippen LogP contribution in [0.1, 0.15) is 33.3 Å². The Morgan fingerprint density at radius 3 is 2.46 bits per heavy atom. The van der Waals surface area contributed by atoms with E-state index >= 15 is 0 Å². The van der Waals surface area contributed by atoms with Crippen molar-refractivity contribution in [2.45, 2.75) is 34.1 Å². The van der Waals surface area contributed by atoms with E-state index in [1.807, 2.05) is 26.0 Å². The molecule has 2 heteroatoms. The quantitative estimate of drug-likeness (QED) is 0.627. The van der Waals surface area contributed by atoms with Crippen LogP contribution in [0.5, 0.6) is 0 Å². The van der Waals surface area contributed by atoms with Crippen molar-refractivity contribution in [1.82, 2.24) is 4.98 Å². The minimum absolute atomic E-state index is 0.640. The van der Waals surface area contributed by atoms with Crippen molar-refractivity contribution in [3.8, 4) is 0 Å². The Morgan fingerprint density at radius 2 is 2.00 bits per heavy atom. The molecule has 0 aliphatic heterocycles. The topological polar surface area (TPSA) is 12.9 Å². The van der Waals surface area contributed by atoms with Gasteiger partial charge in [0.1, 0.15) is 7.85 Å². The van der Waals surface area contributed by atoms with Gasteiger partial charge in [-0.2, -0.15) is 0 Å². The molecule has 0 aromatic carbocycles. The summed E-state index contributed by atoms with van der Waals surface area (Å²) < 4.78 is 0. The lowest BCUT2D eigenvalue weighted by molar-refractivity contribution is 0.648. The van der Waals surface area contributed by atoms with Gasteiger partial charge in [0.05, 0.1) is 0 Å². The monoisotopic (exact) mass is 175 g/mol. The van der Waals surface area contributed by atoms with E-state index in [4.69, 9.17) is 7.85 Å². The van der Waals surface area contributed by atoms with E-state index in [9.17, 15) is 0 Å². The van der Waals surface area contributed by atoms with Crippen LogP contribution in [0.2, 0.25) is 0 Å². The van der Waals surface area contributed by atoms with Crippen molar-refractivity contribution in [3.63, 3.8) is 0 Å². The summed E-state index contributed by atoms with van der Waals surface area (Å²) in [5, 5.41) is 0. The number of aromatic nitrogens is 1. The molecule has 0 saturated heterocycles. The second-order valence-corrected chi connectivity index (χ2v) is 3.15. The molecule has 1 rings (SSSR count). The first-order valence-corrected chi connectivity index (χ1v) is 4.89. The third kappa shape index (κ3) is 4.71. The molecule has 0 atom stereocenters. The van der Waals surface area contributed by atoms with Crippen LogP contribution >= 0.6 is 0 Å². The summed E-state index contributed by atoms with van der Waals surface area (Å²) in [6, 6.07) is 3.95. The molecule has 0 N–H and O–H groups in total. The van der Waals surface area contributed by atoms with Gasteiger partial charge in [0.15, 0.2) is 0 Å². The highest BCUT2D eigenvalue weighted by Gasteiger charge is 1.99. The van der Waals surface area contributed by atoms with Crippen LogP contribution in [0, 0.1) is 5.92 Å². The third-order valence-electron chi connectivity index (χ3n) is 1.55. The summed E-state index contributed by atoms with van der Waals surface area (Å²) >= 11 is 0. The maximum absolute atomic E-state index is 5.66. The molecule has 0 amide bonds. The summed E-state index contributed by atoms with van der Waals surface area (Å²) in [7, 11) is 5.66. The zero-order chi connectivity index (χ0) is 10.3. The van der Waals surface area contributed by atoms with E-state index in [1.165, 1.54) is 0 Å². The molecule has 70 valence electrons. The lowest BCUT2D eigenvalue weighted by atomic mass is 9.92. The number of nitrogens with zero attached hydrogens (tertiary/aromatic N) is 1. The molecule has 0 unspecified atom stereocenters. The summed E-state index contributed by atoms with van der Waals surface area (Å²) in [6.07, 6.45) is 2.73. The molecule has 1 heterocycles. The van der Waals surface area contributed by atoms with E-state index < -0.39 is 0 Å². The summed E-state index contributed by atoms with van der Waals surface area (Å²) in [5.74, 6) is 0.640. The predicted molar refractivity (Wildman–Crippen MR) is 59.5 cm³/mol. The van der Waals surface area contributed by atoms with E-state index in [0.29, 0.717) is 11.5 Å². The number of rotatable bonds is 2. The van der Waals surface area contributed by atoms with Crippen molar-refractivity contribution in [2.75, 3.05) is 0 Å². The molecular formula is C11H18BN. The molecule has 2 radical (unpaired) electrons. The third-order valence-corrected chi connectivity index (χ3v) is 1.55. The highest BCUT2D eigenvalue weighted by molar-refractivity contribution is 6.31. The summed E-state index contributed by atoms with van der Waals surface area (Å²) in [6.45, 7) is 8.35. The normalized spacial score (nSPS) is 9.31. The molecular weight excluding hydrogens is 157 g/mol. The SMILES string of the molecule is CC.[B]c1ncccc1CC(C)C. The second kappa shape index (κ2) is 6.70. The van der Waals surface area contributed by atoms with Gasteiger partial charge in [-0.3, -0.25) is 4.98 Å². The fourth-order valence-corrected chi connectivity index (χ4v) is 1.06. The predicted octanol–water partition coefficient (Wildman–Crippen LogP) is 2.10. The molecule has 0 spiro atoms. The van der Waals surface area contributed by atoms with E-state index in [-0.39, 0.29) is 0 Å². The fourth-order valence-electron chi connectivity index (χ4n) is 1.06. The van der Waals surface area contributed by atoms with Crippen LogP contribution in [0.3, 0.4) is 0 Å². The van der Waals surface area contributed by atoms with Gasteiger partial charge >= 0.3 is 0 Å². The number of pyridine rings is 1. The Balaban J connectivity index is 0.000000671. The maximum atomic E-state index is 5.66. The first-order chi connectivity index (χ1) is 6.20. The Labute approximate surface area is 83.0 Å². The highest BCUT2D eigenvalue weighted by atomic mass is 14.6. The van der Waals surface area contributed by atoms with E-state index in [0.717, 1.165) is 12.0 Å². The lowest BCUT2D eigenvalue weighted by Crippen LogP contribution is -2.15. The standard InChI is InChI=1S/C9H12BN.C2H6/c1-7(2)6-8-4-3-5-11-9(8)10;1-2/h3-5,7H,6H2,1-2H3;1-2H3. The van der Waals surface area contributed by atoms with Crippen molar-refractivity contribution in [3.05, 3.63) is 23.9 Å². The van der Waals surface area contributed by atoms with Gasteiger partial charge in [0.2, 0.25) is 0 Å². The zero-order valence-electron chi connectivity index (χ0n) is 9.04. The lowest BCUT2D eigenvalue weighted by Gasteiger charge is -2.06. The van der Waals surface area contributed by atoms with Crippen molar-refractivity contribution < 1.29 is 0 Å². The maximum Gasteiger partial charge on any atom is 0.142 e. The van der Waals surface area contributed by atoms with Crippen LogP contribution in [0.15, 0.2) is 18.3 Å². The first-order valence-electron chi connectivity index (χ1n) is 4.89. The molecule has 1 aromatic heterocycles. The molecule has 0 fully saturated rings. The summed E-state index contributed by atoms with van der Waals surface area (Å²) in [4.78, 5) is 4.01. The van der Waals surface area contributed by atoms with Crippen LogP contribution in [0.25, 0.3) is 0 Å². The van der Waals surface area contributed by atoms with Gasteiger partial charge in [-0.15, -0.1) is 0 Å². The van der Waals surface area contributed by atoms with Crippen LogP contribution in [-0.2, 0) is 6.42 Å². The van der Waals surface area contributed by atoms with Crippen molar-refractivity contribution in [2.24, 2.45) is 5.92 Å². The van der Waals surface area contributed by atoms with Crippen molar-refractivity contribution in [1.29, 1.82) is 0 Å². The molecule has 0 aliphatic rings. The van der Waals surface area contributed by atoms with Gasteiger partial charge < -0.3 is 0 Å². The summed E-state index contributed by atoms with van der Waals surface area (Å²) in [5.41, 5.74) is 1.82. The van der Waals surface area contributed by atoms with Gasteiger partial charge in [-0.1, -0.05) is 33.8 Å².